The fourth-order valence-corrected chi connectivity index (χ4v) is 3.75. The summed E-state index contributed by atoms with van der Waals surface area (Å²) in [5.41, 5.74) is 9.67. The number of fused-ring (bicyclic) bond motifs is 1. The van der Waals surface area contributed by atoms with E-state index in [0.717, 1.165) is 22.5 Å². The van der Waals surface area contributed by atoms with Gasteiger partial charge in [-0.1, -0.05) is 19.3 Å². The highest BCUT2D eigenvalue weighted by Crippen LogP contribution is 2.37. The minimum atomic E-state index is 0.262. The Kier molecular flexibility index (Phi) is 4.41. The molecule has 6 nitrogen and oxygen atoms in total. The van der Waals surface area contributed by atoms with Crippen LogP contribution in [0.15, 0.2) is 30.6 Å². The van der Waals surface area contributed by atoms with E-state index in [0.29, 0.717) is 11.6 Å². The van der Waals surface area contributed by atoms with Crippen molar-refractivity contribution in [3.8, 4) is 11.3 Å². The normalized spacial score (nSPS) is 15.3. The minimum absolute atomic E-state index is 0.262. The maximum Gasteiger partial charge on any atom is 0.222 e. The molecule has 134 valence electrons. The van der Waals surface area contributed by atoms with Gasteiger partial charge in [0, 0.05) is 37.4 Å². The van der Waals surface area contributed by atoms with Crippen molar-refractivity contribution in [2.45, 2.75) is 38.0 Å². The number of nitrogens with zero attached hydrogens (tertiary/aromatic N) is 5. The highest BCUT2D eigenvalue weighted by atomic mass is 15.1. The van der Waals surface area contributed by atoms with Crippen LogP contribution in [0.3, 0.4) is 0 Å². The highest BCUT2D eigenvalue weighted by Gasteiger charge is 2.20. The van der Waals surface area contributed by atoms with Gasteiger partial charge in [-0.05, 0) is 42.5 Å². The van der Waals surface area contributed by atoms with Gasteiger partial charge in [0.15, 0.2) is 5.65 Å². The second-order valence-electron chi connectivity index (χ2n) is 7.20. The van der Waals surface area contributed by atoms with Gasteiger partial charge in [0.1, 0.15) is 5.82 Å². The molecule has 3 heterocycles. The predicted molar refractivity (Wildman–Crippen MR) is 105 cm³/mol. The molecule has 1 fully saturated rings. The number of aromatic nitrogens is 4. The van der Waals surface area contributed by atoms with Gasteiger partial charge in [-0.2, -0.15) is 4.98 Å². The van der Waals surface area contributed by atoms with E-state index in [1.54, 1.807) is 0 Å². The zero-order valence-corrected chi connectivity index (χ0v) is 15.3. The SMILES string of the molecule is CN(C)c1ccc(-c2cc(C3CCCCC3)c3cnc(N)nc3n2)cn1. The minimum Gasteiger partial charge on any atom is -0.368 e. The van der Waals surface area contributed by atoms with Gasteiger partial charge in [-0.15, -0.1) is 0 Å². The van der Waals surface area contributed by atoms with Crippen LogP contribution in [0.1, 0.15) is 43.6 Å². The first-order valence-electron chi connectivity index (χ1n) is 9.19. The van der Waals surface area contributed by atoms with Crippen LogP contribution < -0.4 is 10.6 Å². The van der Waals surface area contributed by atoms with E-state index in [2.05, 4.69) is 27.1 Å². The molecule has 0 aliphatic heterocycles. The van der Waals surface area contributed by atoms with Crippen molar-refractivity contribution in [2.24, 2.45) is 0 Å². The lowest BCUT2D eigenvalue weighted by molar-refractivity contribution is 0.445. The van der Waals surface area contributed by atoms with Crippen LogP contribution in [0, 0.1) is 0 Å². The third-order valence-electron chi connectivity index (χ3n) is 5.16. The molecule has 4 rings (SSSR count). The Bertz CT molecular complexity index is 913. The molecule has 26 heavy (non-hydrogen) atoms. The lowest BCUT2D eigenvalue weighted by Crippen LogP contribution is -2.10. The van der Waals surface area contributed by atoms with Crippen LogP contribution >= 0.6 is 0 Å². The summed E-state index contributed by atoms with van der Waals surface area (Å²) in [5.74, 6) is 1.72. The molecule has 2 N–H and O–H groups in total. The first-order chi connectivity index (χ1) is 12.6. The molecule has 1 aliphatic rings. The molecule has 1 aliphatic carbocycles. The molecule has 0 atom stereocenters. The molecule has 6 heteroatoms. The number of anilines is 2. The second-order valence-corrected chi connectivity index (χ2v) is 7.20. The summed E-state index contributed by atoms with van der Waals surface area (Å²) in [4.78, 5) is 19.9. The largest absolute Gasteiger partial charge is 0.368 e. The van der Waals surface area contributed by atoms with Crippen molar-refractivity contribution in [3.63, 3.8) is 0 Å². The number of nitrogen functional groups attached to an aromatic ring is 1. The van der Waals surface area contributed by atoms with E-state index < -0.39 is 0 Å². The first-order valence-corrected chi connectivity index (χ1v) is 9.19. The summed E-state index contributed by atoms with van der Waals surface area (Å²) in [7, 11) is 3.97. The second kappa shape index (κ2) is 6.86. The van der Waals surface area contributed by atoms with Gasteiger partial charge in [-0.25, -0.2) is 15.0 Å². The Hall–Kier alpha value is -2.76. The summed E-state index contributed by atoms with van der Waals surface area (Å²) in [6.45, 7) is 0. The Labute approximate surface area is 153 Å². The molecule has 0 amide bonds. The smallest absolute Gasteiger partial charge is 0.222 e. The summed E-state index contributed by atoms with van der Waals surface area (Å²) < 4.78 is 0. The van der Waals surface area contributed by atoms with E-state index in [-0.39, 0.29) is 5.95 Å². The number of pyridine rings is 2. The number of hydrogen-bond donors (Lipinski definition) is 1. The van der Waals surface area contributed by atoms with E-state index in [1.807, 2.05) is 37.5 Å². The van der Waals surface area contributed by atoms with Crippen molar-refractivity contribution in [1.29, 1.82) is 0 Å². The van der Waals surface area contributed by atoms with Gasteiger partial charge in [0.2, 0.25) is 5.95 Å². The lowest BCUT2D eigenvalue weighted by Gasteiger charge is -2.23. The van der Waals surface area contributed by atoms with E-state index in [1.165, 1.54) is 37.7 Å². The number of nitrogens with two attached hydrogens (primary N) is 1. The molecule has 0 aromatic carbocycles. The van der Waals surface area contributed by atoms with Crippen LogP contribution in [-0.2, 0) is 0 Å². The summed E-state index contributed by atoms with van der Waals surface area (Å²) in [6, 6.07) is 6.27. The average Bonchev–Trinajstić information content (AvgIpc) is 2.67. The van der Waals surface area contributed by atoms with Crippen molar-refractivity contribution in [1.82, 2.24) is 19.9 Å². The molecule has 3 aromatic rings. The molecule has 0 radical (unpaired) electrons. The van der Waals surface area contributed by atoms with Crippen LogP contribution in [0.2, 0.25) is 0 Å². The number of rotatable bonds is 3. The quantitative estimate of drug-likeness (QED) is 0.776. The molecule has 1 saturated carbocycles. The summed E-state index contributed by atoms with van der Waals surface area (Å²) in [5, 5.41) is 1.02. The maximum atomic E-state index is 5.81. The van der Waals surface area contributed by atoms with Crippen molar-refractivity contribution in [3.05, 3.63) is 36.2 Å². The predicted octanol–water partition coefficient (Wildman–Crippen LogP) is 3.78. The van der Waals surface area contributed by atoms with Crippen LogP contribution in [-0.4, -0.2) is 34.0 Å². The van der Waals surface area contributed by atoms with Crippen molar-refractivity contribution >= 4 is 22.8 Å². The number of hydrogen-bond acceptors (Lipinski definition) is 6. The molecule has 0 unspecified atom stereocenters. The van der Waals surface area contributed by atoms with Crippen LogP contribution in [0.25, 0.3) is 22.3 Å². The Morgan fingerprint density at radius 2 is 1.81 bits per heavy atom. The maximum absolute atomic E-state index is 5.81. The third kappa shape index (κ3) is 3.19. The Morgan fingerprint density at radius 3 is 2.50 bits per heavy atom. The molecular weight excluding hydrogens is 324 g/mol. The molecule has 3 aromatic heterocycles. The average molecular weight is 348 g/mol. The van der Waals surface area contributed by atoms with E-state index in [4.69, 9.17) is 10.7 Å². The molecule has 0 spiro atoms. The fraction of sp³-hybridized carbons (Fsp3) is 0.400. The summed E-state index contributed by atoms with van der Waals surface area (Å²) in [6.07, 6.45) is 10.00. The lowest BCUT2D eigenvalue weighted by atomic mass is 9.83. The van der Waals surface area contributed by atoms with Crippen molar-refractivity contribution in [2.75, 3.05) is 24.7 Å². The standard InChI is InChI=1S/C20H24N6/c1-26(2)18-9-8-14(11-22-18)17-10-15(13-6-4-3-5-7-13)16-12-23-20(21)25-19(16)24-17/h8-13H,3-7H2,1-2H3,(H2,21,23,24,25). The molecule has 0 saturated heterocycles. The topological polar surface area (TPSA) is 80.8 Å². The van der Waals surface area contributed by atoms with E-state index in [9.17, 15) is 0 Å². The van der Waals surface area contributed by atoms with Gasteiger partial charge in [0.25, 0.3) is 0 Å². The Morgan fingerprint density at radius 1 is 1.00 bits per heavy atom. The Balaban J connectivity index is 1.84. The van der Waals surface area contributed by atoms with E-state index >= 15 is 0 Å². The van der Waals surface area contributed by atoms with Gasteiger partial charge in [0.05, 0.1) is 5.69 Å². The molecular formula is C20H24N6. The first kappa shape index (κ1) is 16.7. The van der Waals surface area contributed by atoms with Crippen LogP contribution in [0.4, 0.5) is 11.8 Å². The summed E-state index contributed by atoms with van der Waals surface area (Å²) >= 11 is 0. The van der Waals surface area contributed by atoms with Crippen LogP contribution in [0.5, 0.6) is 0 Å². The highest BCUT2D eigenvalue weighted by molar-refractivity contribution is 5.83. The molecule has 0 bridgehead atoms. The van der Waals surface area contributed by atoms with Gasteiger partial charge >= 0.3 is 0 Å². The third-order valence-corrected chi connectivity index (χ3v) is 5.16. The fourth-order valence-electron chi connectivity index (χ4n) is 3.75. The van der Waals surface area contributed by atoms with Gasteiger partial charge in [-0.3, -0.25) is 0 Å². The van der Waals surface area contributed by atoms with Crippen molar-refractivity contribution < 1.29 is 0 Å². The zero-order chi connectivity index (χ0) is 18.1. The van der Waals surface area contributed by atoms with Gasteiger partial charge < -0.3 is 10.6 Å². The zero-order valence-electron chi connectivity index (χ0n) is 15.3. The monoisotopic (exact) mass is 348 g/mol.